The smallest absolute Gasteiger partial charge is 0.264 e. The third kappa shape index (κ3) is 2.89. The van der Waals surface area contributed by atoms with Crippen LogP contribution in [0.3, 0.4) is 0 Å². The van der Waals surface area contributed by atoms with Gasteiger partial charge in [-0.2, -0.15) is 10.5 Å². The molecular weight excluding hydrogens is 456 g/mol. The number of hydrogen-bond acceptors (Lipinski definition) is 4. The topological polar surface area (TPSA) is 81.9 Å². The zero-order chi connectivity index (χ0) is 25.1. The van der Waals surface area contributed by atoms with E-state index in [1.165, 1.54) is 0 Å². The summed E-state index contributed by atoms with van der Waals surface area (Å²) in [4.78, 5) is 19.1. The average Bonchev–Trinajstić information content (AvgIpc) is 3.35. The Kier molecular flexibility index (Phi) is 4.36. The van der Waals surface area contributed by atoms with Crippen LogP contribution in [0, 0.1) is 22.7 Å². The third-order valence-corrected chi connectivity index (χ3v) is 7.02. The van der Waals surface area contributed by atoms with E-state index < -0.39 is 0 Å². The molecule has 0 aliphatic carbocycles. The van der Waals surface area contributed by atoms with Gasteiger partial charge in [-0.05, 0) is 53.1 Å². The molecule has 0 unspecified atom stereocenters. The summed E-state index contributed by atoms with van der Waals surface area (Å²) >= 11 is 0. The molecule has 0 N–H and O–H groups in total. The summed E-state index contributed by atoms with van der Waals surface area (Å²) in [6, 6.07) is 35.4. The van der Waals surface area contributed by atoms with Gasteiger partial charge in [0.05, 0.1) is 34.3 Å². The minimum atomic E-state index is -0.223. The number of fused-ring (bicyclic) bond motifs is 4. The molecule has 0 radical (unpaired) electrons. The molecule has 2 aromatic heterocycles. The number of pyridine rings is 1. The first kappa shape index (κ1) is 20.8. The van der Waals surface area contributed by atoms with Crippen molar-refractivity contribution >= 4 is 38.2 Å². The standard InChI is InChI=1S/C32H16N4O/c33-17-21-11-13-24-29-25(14-12-22(18-34)28(21)29)32(37)36-30-26(20-9-5-2-6-10-20)15-23(16-27(30)35-31(24)36)19-7-3-1-4-8-19/h1-16H. The number of benzene rings is 5. The molecule has 37 heavy (non-hydrogen) atoms. The molecule has 0 saturated heterocycles. The second-order valence-corrected chi connectivity index (χ2v) is 8.99. The predicted molar refractivity (Wildman–Crippen MR) is 145 cm³/mol. The van der Waals surface area contributed by atoms with E-state index in [0.717, 1.165) is 33.2 Å². The first-order valence-electron chi connectivity index (χ1n) is 11.8. The predicted octanol–water partition coefficient (Wildman–Crippen LogP) is 6.67. The number of rotatable bonds is 2. The largest absolute Gasteiger partial charge is 0.268 e. The van der Waals surface area contributed by atoms with Crippen molar-refractivity contribution in [3.63, 3.8) is 0 Å². The lowest BCUT2D eigenvalue weighted by Crippen LogP contribution is -2.14. The highest BCUT2D eigenvalue weighted by Crippen LogP contribution is 2.38. The van der Waals surface area contributed by atoms with Crippen LogP contribution in [-0.2, 0) is 0 Å². The Morgan fingerprint density at radius 1 is 0.649 bits per heavy atom. The van der Waals surface area contributed by atoms with E-state index in [1.54, 1.807) is 22.6 Å². The SMILES string of the molecule is N#Cc1ccc2c(=O)n3c(nc4cc(-c5ccccc5)cc(-c5ccccc5)c43)c3ccc(C#N)c1c23. The van der Waals surface area contributed by atoms with Gasteiger partial charge in [0.25, 0.3) is 5.56 Å². The molecule has 0 saturated carbocycles. The van der Waals surface area contributed by atoms with Crippen LogP contribution in [0.15, 0.2) is 102 Å². The van der Waals surface area contributed by atoms with Crippen LogP contribution in [0.1, 0.15) is 11.1 Å². The maximum absolute atomic E-state index is 14.1. The van der Waals surface area contributed by atoms with Crippen LogP contribution in [0.2, 0.25) is 0 Å². The van der Waals surface area contributed by atoms with Gasteiger partial charge in [0.15, 0.2) is 0 Å². The van der Waals surface area contributed by atoms with Crippen LogP contribution in [0.4, 0.5) is 0 Å². The zero-order valence-corrected chi connectivity index (χ0v) is 19.4. The van der Waals surface area contributed by atoms with Crippen LogP contribution in [0.5, 0.6) is 0 Å². The van der Waals surface area contributed by atoms with Crippen molar-refractivity contribution in [2.75, 3.05) is 0 Å². The van der Waals surface area contributed by atoms with Crippen molar-refractivity contribution in [1.82, 2.24) is 9.38 Å². The minimum Gasteiger partial charge on any atom is -0.268 e. The van der Waals surface area contributed by atoms with Gasteiger partial charge in [-0.1, -0.05) is 60.7 Å². The van der Waals surface area contributed by atoms with Crippen molar-refractivity contribution in [2.45, 2.75) is 0 Å². The Balaban J connectivity index is 1.72. The molecule has 0 atom stereocenters. The van der Waals surface area contributed by atoms with Crippen molar-refractivity contribution in [2.24, 2.45) is 0 Å². The first-order chi connectivity index (χ1) is 18.2. The van der Waals surface area contributed by atoms with Gasteiger partial charge in [-0.3, -0.25) is 9.20 Å². The fourth-order valence-corrected chi connectivity index (χ4v) is 5.39. The molecule has 0 fully saturated rings. The number of hydrogen-bond donors (Lipinski definition) is 0. The normalized spacial score (nSPS) is 11.3. The average molecular weight is 473 g/mol. The van der Waals surface area contributed by atoms with Crippen molar-refractivity contribution in [3.8, 4) is 34.4 Å². The highest BCUT2D eigenvalue weighted by molar-refractivity contribution is 6.18. The van der Waals surface area contributed by atoms with Gasteiger partial charge >= 0.3 is 0 Å². The molecule has 170 valence electrons. The molecule has 0 bridgehead atoms. The summed E-state index contributed by atoms with van der Waals surface area (Å²) in [7, 11) is 0. The molecule has 7 aromatic rings. The van der Waals surface area contributed by atoms with Gasteiger partial charge < -0.3 is 0 Å². The maximum Gasteiger partial charge on any atom is 0.264 e. The van der Waals surface area contributed by atoms with Gasteiger partial charge in [0.2, 0.25) is 0 Å². The van der Waals surface area contributed by atoms with Crippen molar-refractivity contribution < 1.29 is 0 Å². The van der Waals surface area contributed by atoms with E-state index in [4.69, 9.17) is 4.98 Å². The molecule has 7 rings (SSSR count). The van der Waals surface area contributed by atoms with Crippen LogP contribution in [0.25, 0.3) is 60.5 Å². The molecule has 2 heterocycles. The summed E-state index contributed by atoms with van der Waals surface area (Å²) in [5.74, 6) is 0. The molecule has 5 nitrogen and oxygen atoms in total. The van der Waals surface area contributed by atoms with Gasteiger partial charge in [0.1, 0.15) is 5.65 Å². The van der Waals surface area contributed by atoms with E-state index in [2.05, 4.69) is 30.3 Å². The summed E-state index contributed by atoms with van der Waals surface area (Å²) in [5, 5.41) is 21.8. The maximum atomic E-state index is 14.1. The first-order valence-corrected chi connectivity index (χ1v) is 11.8. The molecule has 0 aliphatic heterocycles. The summed E-state index contributed by atoms with van der Waals surface area (Å²) < 4.78 is 1.68. The Labute approximate surface area is 211 Å². The highest BCUT2D eigenvalue weighted by Gasteiger charge is 2.22. The Bertz CT molecular complexity index is 2150. The Morgan fingerprint density at radius 2 is 1.27 bits per heavy atom. The van der Waals surface area contributed by atoms with E-state index in [0.29, 0.717) is 38.4 Å². The fourth-order valence-electron chi connectivity index (χ4n) is 5.39. The monoisotopic (exact) mass is 472 g/mol. The van der Waals surface area contributed by atoms with E-state index in [9.17, 15) is 15.3 Å². The molecule has 5 aromatic carbocycles. The van der Waals surface area contributed by atoms with Crippen LogP contribution in [-0.4, -0.2) is 9.38 Å². The number of aromatic nitrogens is 2. The molecule has 0 spiro atoms. The Hall–Kier alpha value is -5.52. The lowest BCUT2D eigenvalue weighted by Gasteiger charge is -2.11. The summed E-state index contributed by atoms with van der Waals surface area (Å²) in [6.45, 7) is 0. The van der Waals surface area contributed by atoms with Gasteiger partial charge in [0, 0.05) is 27.1 Å². The quantitative estimate of drug-likeness (QED) is 0.281. The van der Waals surface area contributed by atoms with E-state index >= 15 is 0 Å². The van der Waals surface area contributed by atoms with Crippen LogP contribution >= 0.6 is 0 Å². The summed E-state index contributed by atoms with van der Waals surface area (Å²) in [6.07, 6.45) is 0. The van der Waals surface area contributed by atoms with Gasteiger partial charge in [-0.25, -0.2) is 4.98 Å². The van der Waals surface area contributed by atoms with Gasteiger partial charge in [-0.15, -0.1) is 0 Å². The molecule has 0 amide bonds. The Morgan fingerprint density at radius 3 is 1.92 bits per heavy atom. The lowest BCUT2D eigenvalue weighted by atomic mass is 9.94. The van der Waals surface area contributed by atoms with E-state index in [-0.39, 0.29) is 5.56 Å². The summed E-state index contributed by atoms with van der Waals surface area (Å²) in [5.41, 5.74) is 6.41. The second-order valence-electron chi connectivity index (χ2n) is 8.99. The zero-order valence-electron chi connectivity index (χ0n) is 19.4. The number of nitriles is 2. The highest BCUT2D eigenvalue weighted by atomic mass is 16.1. The fraction of sp³-hybridized carbons (Fsp3) is 0. The molecule has 5 heteroatoms. The second kappa shape index (κ2) is 7.75. The van der Waals surface area contributed by atoms with E-state index in [1.807, 2.05) is 60.7 Å². The molecular formula is C32H16N4O. The number of nitrogens with zero attached hydrogens (tertiary/aromatic N) is 4. The third-order valence-electron chi connectivity index (χ3n) is 7.02. The lowest BCUT2D eigenvalue weighted by molar-refractivity contribution is 1.19. The van der Waals surface area contributed by atoms with Crippen LogP contribution < -0.4 is 5.56 Å². The van der Waals surface area contributed by atoms with Crippen molar-refractivity contribution in [1.29, 1.82) is 10.5 Å². The number of imidazole rings is 1. The van der Waals surface area contributed by atoms with Crippen molar-refractivity contribution in [3.05, 3.63) is 119 Å². The molecule has 0 aliphatic rings. The minimum absolute atomic E-state index is 0.223.